The maximum Gasteiger partial charge on any atom is 0.318 e. The van der Waals surface area contributed by atoms with Crippen molar-refractivity contribution in [1.29, 1.82) is 0 Å². The van der Waals surface area contributed by atoms with Crippen LogP contribution in [0.25, 0.3) is 0 Å². The van der Waals surface area contributed by atoms with Crippen LogP contribution in [0.4, 0.5) is 0 Å². The van der Waals surface area contributed by atoms with Crippen LogP contribution in [0.1, 0.15) is 20.3 Å². The largest absolute Gasteiger partial charge is 0.480 e. The van der Waals surface area contributed by atoms with Gasteiger partial charge in [-0.2, -0.15) is 4.31 Å². The molecule has 0 aromatic heterocycles. The van der Waals surface area contributed by atoms with Crippen molar-refractivity contribution in [3.05, 3.63) is 0 Å². The molecule has 0 radical (unpaired) electrons. The van der Waals surface area contributed by atoms with E-state index in [1.165, 1.54) is 0 Å². The van der Waals surface area contributed by atoms with E-state index < -0.39 is 38.4 Å². The van der Waals surface area contributed by atoms with Gasteiger partial charge in [0.1, 0.15) is 6.54 Å². The average Bonchev–Trinajstić information content (AvgIpc) is 2.52. The van der Waals surface area contributed by atoms with Crippen molar-refractivity contribution in [1.82, 2.24) is 4.31 Å². The highest BCUT2D eigenvalue weighted by Gasteiger charge is 2.39. The van der Waals surface area contributed by atoms with Gasteiger partial charge in [0, 0.05) is 6.04 Å². The maximum atomic E-state index is 12.1. The van der Waals surface area contributed by atoms with Gasteiger partial charge < -0.3 is 5.11 Å². The SMILES string of the molecule is CC(C)CS(=O)(=O)N(CC(=O)O)C1CCS(=O)(=O)C1. The molecule has 0 aromatic rings. The van der Waals surface area contributed by atoms with Crippen molar-refractivity contribution in [2.45, 2.75) is 26.3 Å². The summed E-state index contributed by atoms with van der Waals surface area (Å²) in [6, 6.07) is -0.759. The lowest BCUT2D eigenvalue weighted by atomic mass is 10.2. The molecule has 1 heterocycles. The fraction of sp³-hybridized carbons (Fsp3) is 0.900. The summed E-state index contributed by atoms with van der Waals surface area (Å²) in [5.74, 6) is -2.00. The molecule has 0 aromatic carbocycles. The van der Waals surface area contributed by atoms with E-state index in [4.69, 9.17) is 5.11 Å². The lowest BCUT2D eigenvalue weighted by Gasteiger charge is -2.26. The highest BCUT2D eigenvalue weighted by molar-refractivity contribution is 7.92. The van der Waals surface area contributed by atoms with Gasteiger partial charge in [0.2, 0.25) is 10.0 Å². The Morgan fingerprint density at radius 1 is 1.42 bits per heavy atom. The van der Waals surface area contributed by atoms with E-state index >= 15 is 0 Å². The number of aliphatic carboxylic acids is 1. The smallest absolute Gasteiger partial charge is 0.318 e. The molecule has 112 valence electrons. The van der Waals surface area contributed by atoms with Crippen LogP contribution in [0.5, 0.6) is 0 Å². The predicted octanol–water partition coefficient (Wildman–Crippen LogP) is -0.454. The van der Waals surface area contributed by atoms with Gasteiger partial charge in [-0.25, -0.2) is 16.8 Å². The molecule has 0 aliphatic carbocycles. The topological polar surface area (TPSA) is 109 Å². The zero-order valence-electron chi connectivity index (χ0n) is 10.9. The van der Waals surface area contributed by atoms with Crippen molar-refractivity contribution in [3.63, 3.8) is 0 Å². The number of sulfone groups is 1. The van der Waals surface area contributed by atoms with Crippen LogP contribution >= 0.6 is 0 Å². The quantitative estimate of drug-likeness (QED) is 0.711. The number of carboxylic acids is 1. The first-order valence-corrected chi connectivity index (χ1v) is 9.38. The number of carbonyl (C=O) groups is 1. The summed E-state index contributed by atoms with van der Waals surface area (Å²) in [5.41, 5.74) is 0. The molecule has 9 heteroatoms. The van der Waals surface area contributed by atoms with E-state index in [2.05, 4.69) is 0 Å². The van der Waals surface area contributed by atoms with Gasteiger partial charge in [-0.3, -0.25) is 4.79 Å². The number of rotatable bonds is 6. The first-order chi connectivity index (χ1) is 8.53. The zero-order valence-corrected chi connectivity index (χ0v) is 12.6. The van der Waals surface area contributed by atoms with Crippen molar-refractivity contribution in [2.75, 3.05) is 23.8 Å². The molecule has 0 bridgehead atoms. The molecule has 1 atom stereocenters. The highest BCUT2D eigenvalue weighted by Crippen LogP contribution is 2.21. The molecular weight excluding hydrogens is 294 g/mol. The summed E-state index contributed by atoms with van der Waals surface area (Å²) >= 11 is 0. The predicted molar refractivity (Wildman–Crippen MR) is 70.0 cm³/mol. The Bertz CT molecular complexity index is 536. The first kappa shape index (κ1) is 16.4. The number of nitrogens with zero attached hydrogens (tertiary/aromatic N) is 1. The summed E-state index contributed by atoms with van der Waals surface area (Å²) in [6.07, 6.45) is 0.160. The lowest BCUT2D eigenvalue weighted by molar-refractivity contribution is -0.137. The number of carboxylic acid groups (broad SMARTS) is 1. The molecule has 1 aliphatic heterocycles. The highest BCUT2D eigenvalue weighted by atomic mass is 32.2. The van der Waals surface area contributed by atoms with Crippen LogP contribution in [-0.2, 0) is 24.7 Å². The van der Waals surface area contributed by atoms with Gasteiger partial charge in [-0.15, -0.1) is 0 Å². The molecular formula is C10H19NO6S2. The van der Waals surface area contributed by atoms with Crippen molar-refractivity contribution >= 4 is 25.8 Å². The summed E-state index contributed by atoms with van der Waals surface area (Å²) in [5, 5.41) is 8.82. The second kappa shape index (κ2) is 5.76. The van der Waals surface area contributed by atoms with Crippen LogP contribution in [-0.4, -0.2) is 62.1 Å². The standard InChI is InChI=1S/C10H19NO6S2/c1-8(2)6-19(16,17)11(5-10(12)13)9-3-4-18(14,15)7-9/h8-9H,3-7H2,1-2H3,(H,12,13). The molecule has 1 unspecified atom stereocenters. The summed E-state index contributed by atoms with van der Waals surface area (Å²) in [7, 11) is -7.03. The number of sulfonamides is 1. The normalized spacial score (nSPS) is 23.1. The fourth-order valence-electron chi connectivity index (χ4n) is 2.11. The molecule has 1 rings (SSSR count). The van der Waals surface area contributed by atoms with Crippen LogP contribution in [0.15, 0.2) is 0 Å². The van der Waals surface area contributed by atoms with Crippen molar-refractivity contribution in [2.24, 2.45) is 5.92 Å². The zero-order chi connectivity index (χ0) is 14.8. The third kappa shape index (κ3) is 4.73. The average molecular weight is 313 g/mol. The molecule has 7 nitrogen and oxygen atoms in total. The van der Waals surface area contributed by atoms with Gasteiger partial charge in [0.25, 0.3) is 0 Å². The Balaban J connectivity index is 2.99. The van der Waals surface area contributed by atoms with Crippen LogP contribution in [0.2, 0.25) is 0 Å². The third-order valence-corrected chi connectivity index (χ3v) is 6.79. The Hall–Kier alpha value is -0.670. The molecule has 1 N–H and O–H groups in total. The van der Waals surface area contributed by atoms with E-state index in [9.17, 15) is 21.6 Å². The van der Waals surface area contributed by atoms with Crippen molar-refractivity contribution in [3.8, 4) is 0 Å². The Morgan fingerprint density at radius 3 is 2.37 bits per heavy atom. The minimum absolute atomic E-state index is 0.0923. The van der Waals surface area contributed by atoms with Crippen molar-refractivity contribution < 1.29 is 26.7 Å². The van der Waals surface area contributed by atoms with Gasteiger partial charge in [0.15, 0.2) is 9.84 Å². The van der Waals surface area contributed by atoms with Gasteiger partial charge in [-0.1, -0.05) is 13.8 Å². The minimum atomic E-state index is -3.76. The number of hydrogen-bond acceptors (Lipinski definition) is 5. The first-order valence-electron chi connectivity index (χ1n) is 5.95. The van der Waals surface area contributed by atoms with Crippen LogP contribution in [0.3, 0.4) is 0 Å². The minimum Gasteiger partial charge on any atom is -0.480 e. The molecule has 1 saturated heterocycles. The summed E-state index contributed by atoms with van der Waals surface area (Å²) < 4.78 is 47.9. The molecule has 0 saturated carbocycles. The van der Waals surface area contributed by atoms with Crippen LogP contribution in [0, 0.1) is 5.92 Å². The fourth-order valence-corrected chi connectivity index (χ4v) is 5.91. The van der Waals surface area contributed by atoms with E-state index in [-0.39, 0.29) is 29.6 Å². The van der Waals surface area contributed by atoms with E-state index in [0.29, 0.717) is 0 Å². The molecule has 1 fully saturated rings. The summed E-state index contributed by atoms with van der Waals surface area (Å²) in [4.78, 5) is 10.8. The third-order valence-electron chi connectivity index (χ3n) is 2.81. The second-order valence-electron chi connectivity index (χ2n) is 5.17. The Labute approximate surface area is 113 Å². The lowest BCUT2D eigenvalue weighted by Crippen LogP contribution is -2.45. The molecule has 19 heavy (non-hydrogen) atoms. The van der Waals surface area contributed by atoms with Gasteiger partial charge >= 0.3 is 5.97 Å². The van der Waals surface area contributed by atoms with Gasteiger partial charge in [-0.05, 0) is 12.3 Å². The molecule has 1 aliphatic rings. The number of hydrogen-bond donors (Lipinski definition) is 1. The van der Waals surface area contributed by atoms with Crippen LogP contribution < -0.4 is 0 Å². The molecule has 0 amide bonds. The van der Waals surface area contributed by atoms with E-state index in [1.54, 1.807) is 13.8 Å². The van der Waals surface area contributed by atoms with E-state index in [0.717, 1.165) is 4.31 Å². The Kier molecular flexibility index (Phi) is 4.97. The second-order valence-corrected chi connectivity index (χ2v) is 9.36. The Morgan fingerprint density at radius 2 is 2.00 bits per heavy atom. The monoisotopic (exact) mass is 313 g/mol. The molecule has 0 spiro atoms. The summed E-state index contributed by atoms with van der Waals surface area (Å²) in [6.45, 7) is 2.74. The van der Waals surface area contributed by atoms with E-state index in [1.807, 2.05) is 0 Å². The van der Waals surface area contributed by atoms with Gasteiger partial charge in [0.05, 0.1) is 17.3 Å². The maximum absolute atomic E-state index is 12.1.